The van der Waals surface area contributed by atoms with Gasteiger partial charge in [-0.3, -0.25) is 4.79 Å². The van der Waals surface area contributed by atoms with Crippen LogP contribution in [0.4, 0.5) is 8.78 Å². The van der Waals surface area contributed by atoms with Crippen LogP contribution in [0.3, 0.4) is 0 Å². The molecule has 0 fully saturated rings. The van der Waals surface area contributed by atoms with E-state index in [9.17, 15) is 13.6 Å². The summed E-state index contributed by atoms with van der Waals surface area (Å²) in [6.07, 6.45) is -2.57. The molecule has 0 atom stereocenters. The molecule has 1 aromatic carbocycles. The molecule has 0 amide bonds. The van der Waals surface area contributed by atoms with Crippen LogP contribution in [0.15, 0.2) is 28.7 Å². The zero-order valence-electron chi connectivity index (χ0n) is 8.78. The first-order chi connectivity index (χ1) is 8.56. The van der Waals surface area contributed by atoms with Crippen LogP contribution < -0.4 is 0 Å². The Labute approximate surface area is 114 Å². The monoisotopic (exact) mass is 334 g/mol. The predicted octanol–water partition coefficient (Wildman–Crippen LogP) is 4.04. The lowest BCUT2D eigenvalue weighted by Gasteiger charge is -2.05. The van der Waals surface area contributed by atoms with E-state index in [2.05, 4.69) is 21.0 Å². The number of alkyl halides is 2. The molecule has 18 heavy (non-hydrogen) atoms. The number of halogens is 4. The van der Waals surface area contributed by atoms with E-state index in [0.29, 0.717) is 10.2 Å². The second-order valence-electron chi connectivity index (χ2n) is 3.37. The second-order valence-corrected chi connectivity index (χ2v) is 4.58. The van der Waals surface area contributed by atoms with Gasteiger partial charge in [-0.15, -0.1) is 0 Å². The maximum absolute atomic E-state index is 12.7. The average molecular weight is 336 g/mol. The van der Waals surface area contributed by atoms with E-state index in [1.54, 1.807) is 24.3 Å². The van der Waals surface area contributed by atoms with E-state index in [-0.39, 0.29) is 17.0 Å². The van der Waals surface area contributed by atoms with Crippen LogP contribution in [0.1, 0.15) is 22.5 Å². The SMILES string of the molecule is O=Cc1c(C(F)F)nn(-c2ccccc2Br)c1Cl. The summed E-state index contributed by atoms with van der Waals surface area (Å²) in [6, 6.07) is 6.84. The highest BCUT2D eigenvalue weighted by molar-refractivity contribution is 9.10. The highest BCUT2D eigenvalue weighted by Gasteiger charge is 2.23. The molecule has 7 heteroatoms. The molecular formula is C11H6BrClF2N2O. The molecule has 2 aromatic rings. The number of carbonyl (C=O) groups excluding carboxylic acids is 1. The lowest BCUT2D eigenvalue weighted by Crippen LogP contribution is -1.98. The van der Waals surface area contributed by atoms with Crippen molar-refractivity contribution in [3.8, 4) is 5.69 Å². The van der Waals surface area contributed by atoms with Gasteiger partial charge in [0.1, 0.15) is 10.8 Å². The Balaban J connectivity index is 2.67. The number of rotatable bonds is 3. The molecule has 0 saturated heterocycles. The van der Waals surface area contributed by atoms with Gasteiger partial charge in [0.25, 0.3) is 6.43 Å². The number of para-hydroxylation sites is 1. The van der Waals surface area contributed by atoms with Crippen LogP contribution in [0, 0.1) is 0 Å². The van der Waals surface area contributed by atoms with Crippen LogP contribution >= 0.6 is 27.5 Å². The number of hydrogen-bond donors (Lipinski definition) is 0. The fraction of sp³-hybridized carbons (Fsp3) is 0.0909. The van der Waals surface area contributed by atoms with E-state index >= 15 is 0 Å². The molecule has 1 heterocycles. The quantitative estimate of drug-likeness (QED) is 0.794. The van der Waals surface area contributed by atoms with Gasteiger partial charge < -0.3 is 0 Å². The van der Waals surface area contributed by atoms with Gasteiger partial charge in [0.15, 0.2) is 6.29 Å². The van der Waals surface area contributed by atoms with Gasteiger partial charge in [-0.2, -0.15) is 5.10 Å². The Kier molecular flexibility index (Phi) is 3.77. The third-order valence-electron chi connectivity index (χ3n) is 2.30. The summed E-state index contributed by atoms with van der Waals surface area (Å²) in [4.78, 5) is 10.8. The van der Waals surface area contributed by atoms with E-state index in [4.69, 9.17) is 11.6 Å². The highest BCUT2D eigenvalue weighted by atomic mass is 79.9. The highest BCUT2D eigenvalue weighted by Crippen LogP contribution is 2.30. The smallest absolute Gasteiger partial charge is 0.282 e. The third kappa shape index (κ3) is 2.18. The zero-order chi connectivity index (χ0) is 13.3. The molecule has 0 aliphatic heterocycles. The topological polar surface area (TPSA) is 34.9 Å². The Morgan fingerprint density at radius 1 is 1.39 bits per heavy atom. The molecule has 0 saturated carbocycles. The summed E-state index contributed by atoms with van der Waals surface area (Å²) in [7, 11) is 0. The van der Waals surface area contributed by atoms with Gasteiger partial charge in [0.2, 0.25) is 0 Å². The molecule has 3 nitrogen and oxygen atoms in total. The minimum absolute atomic E-state index is 0.132. The summed E-state index contributed by atoms with van der Waals surface area (Å²) < 4.78 is 27.2. The summed E-state index contributed by atoms with van der Waals surface area (Å²) in [6.45, 7) is 0. The van der Waals surface area contributed by atoms with Gasteiger partial charge >= 0.3 is 0 Å². The number of aromatic nitrogens is 2. The molecule has 0 radical (unpaired) electrons. The molecule has 0 aliphatic carbocycles. The number of hydrogen-bond acceptors (Lipinski definition) is 2. The molecule has 94 valence electrons. The van der Waals surface area contributed by atoms with Crippen LogP contribution in [-0.2, 0) is 0 Å². The zero-order valence-corrected chi connectivity index (χ0v) is 11.1. The molecular weight excluding hydrogens is 329 g/mol. The molecule has 0 spiro atoms. The fourth-order valence-corrected chi connectivity index (χ4v) is 2.20. The van der Waals surface area contributed by atoms with Crippen LogP contribution in [0.25, 0.3) is 5.69 Å². The Bertz CT molecular complexity index is 601. The van der Waals surface area contributed by atoms with Crippen molar-refractivity contribution >= 4 is 33.8 Å². The normalized spacial score (nSPS) is 10.9. The number of aldehydes is 1. The van der Waals surface area contributed by atoms with Gasteiger partial charge in [0, 0.05) is 4.47 Å². The summed E-state index contributed by atoms with van der Waals surface area (Å²) >= 11 is 9.16. The predicted molar refractivity (Wildman–Crippen MR) is 66.6 cm³/mol. The van der Waals surface area contributed by atoms with Crippen molar-refractivity contribution < 1.29 is 13.6 Å². The van der Waals surface area contributed by atoms with Crippen molar-refractivity contribution in [2.75, 3.05) is 0 Å². The number of carbonyl (C=O) groups is 1. The summed E-state index contributed by atoms with van der Waals surface area (Å²) in [5.41, 5.74) is -0.425. The first kappa shape index (κ1) is 13.2. The van der Waals surface area contributed by atoms with Crippen molar-refractivity contribution in [1.29, 1.82) is 0 Å². The first-order valence-electron chi connectivity index (χ1n) is 4.83. The van der Waals surface area contributed by atoms with E-state index in [0.717, 1.165) is 4.68 Å². The fourth-order valence-electron chi connectivity index (χ4n) is 1.48. The van der Waals surface area contributed by atoms with E-state index in [1.165, 1.54) is 0 Å². The van der Waals surface area contributed by atoms with Crippen molar-refractivity contribution in [2.24, 2.45) is 0 Å². The maximum Gasteiger partial charge on any atom is 0.282 e. The third-order valence-corrected chi connectivity index (χ3v) is 3.33. The van der Waals surface area contributed by atoms with Gasteiger partial charge in [-0.05, 0) is 28.1 Å². The number of nitrogens with zero attached hydrogens (tertiary/aromatic N) is 2. The van der Waals surface area contributed by atoms with Crippen LogP contribution in [-0.4, -0.2) is 16.1 Å². The van der Waals surface area contributed by atoms with Gasteiger partial charge in [0.05, 0.1) is 11.3 Å². The molecule has 0 aliphatic rings. The van der Waals surface area contributed by atoms with Gasteiger partial charge in [-0.1, -0.05) is 23.7 Å². The van der Waals surface area contributed by atoms with Crippen LogP contribution in [0.2, 0.25) is 5.15 Å². The van der Waals surface area contributed by atoms with E-state index in [1.807, 2.05) is 0 Å². The van der Waals surface area contributed by atoms with Crippen molar-refractivity contribution in [1.82, 2.24) is 9.78 Å². The minimum atomic E-state index is -2.86. The Morgan fingerprint density at radius 3 is 2.56 bits per heavy atom. The summed E-state index contributed by atoms with van der Waals surface area (Å²) in [5.74, 6) is 0. The molecule has 0 N–H and O–H groups in total. The Hall–Kier alpha value is -1.27. The van der Waals surface area contributed by atoms with Crippen molar-refractivity contribution in [3.05, 3.63) is 45.1 Å². The first-order valence-corrected chi connectivity index (χ1v) is 6.00. The molecule has 2 rings (SSSR count). The minimum Gasteiger partial charge on any atom is -0.298 e. The van der Waals surface area contributed by atoms with Gasteiger partial charge in [-0.25, -0.2) is 13.5 Å². The lowest BCUT2D eigenvalue weighted by atomic mass is 10.3. The molecule has 0 bridgehead atoms. The lowest BCUT2D eigenvalue weighted by molar-refractivity contribution is 0.110. The molecule has 0 unspecified atom stereocenters. The van der Waals surface area contributed by atoms with E-state index < -0.39 is 12.1 Å². The number of benzene rings is 1. The average Bonchev–Trinajstić information content (AvgIpc) is 2.67. The van der Waals surface area contributed by atoms with Crippen LogP contribution in [0.5, 0.6) is 0 Å². The Morgan fingerprint density at radius 2 is 2.06 bits per heavy atom. The summed E-state index contributed by atoms with van der Waals surface area (Å²) in [5, 5.41) is 3.55. The van der Waals surface area contributed by atoms with Crippen molar-refractivity contribution in [3.63, 3.8) is 0 Å². The molecule has 1 aromatic heterocycles. The maximum atomic E-state index is 12.7. The van der Waals surface area contributed by atoms with Crippen molar-refractivity contribution in [2.45, 2.75) is 6.43 Å². The second kappa shape index (κ2) is 5.16. The largest absolute Gasteiger partial charge is 0.298 e. The standard InChI is InChI=1S/C11H6BrClF2N2O/c12-7-3-1-2-4-8(7)17-10(13)6(5-18)9(16-17)11(14)15/h1-5,11H.